The smallest absolute Gasteiger partial charge is 0.489 e. The monoisotopic (exact) mass is 581 g/mol. The maximum Gasteiger partial charge on any atom is 0.493 e. The Labute approximate surface area is 222 Å². The Morgan fingerprint density at radius 1 is 1.16 bits per heavy atom. The number of alkyl halides is 3. The summed E-state index contributed by atoms with van der Waals surface area (Å²) in [5, 5.41) is 0.810. The molecule has 1 aliphatic heterocycles. The molecule has 1 aromatic carbocycles. The van der Waals surface area contributed by atoms with E-state index in [9.17, 15) is 26.4 Å². The number of sulfonamides is 1. The number of aromatic nitrogens is 1. The topological polar surface area (TPSA) is 89.0 Å². The zero-order valence-corrected chi connectivity index (χ0v) is 22.2. The Hall–Kier alpha value is -2.09. The van der Waals surface area contributed by atoms with Gasteiger partial charge in [-0.3, -0.25) is 0 Å². The number of hydrogen-bond acceptors (Lipinski definition) is 8. The van der Waals surface area contributed by atoms with Crippen LogP contribution in [0.5, 0.6) is 5.75 Å². The number of piperidine rings is 1. The van der Waals surface area contributed by atoms with Crippen molar-refractivity contribution >= 4 is 44.1 Å². The Morgan fingerprint density at radius 3 is 2.46 bits per heavy atom. The van der Waals surface area contributed by atoms with Gasteiger partial charge in [-0.05, 0) is 49.8 Å². The number of anilines is 1. The molecule has 1 aromatic heterocycles. The molecule has 37 heavy (non-hydrogen) atoms. The fourth-order valence-corrected chi connectivity index (χ4v) is 6.90. The fraction of sp³-hybridized carbons (Fsp3) is 0.565. The minimum absolute atomic E-state index is 0.0352. The van der Waals surface area contributed by atoms with E-state index in [0.29, 0.717) is 11.3 Å². The molecule has 0 radical (unpaired) electrons. The second kappa shape index (κ2) is 11.7. The van der Waals surface area contributed by atoms with E-state index in [4.69, 9.17) is 16.3 Å². The van der Waals surface area contributed by atoms with E-state index in [0.717, 1.165) is 56.7 Å². The third-order valence-electron chi connectivity index (χ3n) is 6.46. The highest BCUT2D eigenvalue weighted by Crippen LogP contribution is 2.34. The van der Waals surface area contributed by atoms with E-state index in [1.54, 1.807) is 0 Å². The van der Waals surface area contributed by atoms with Crippen LogP contribution in [-0.2, 0) is 19.7 Å². The zero-order valence-electron chi connectivity index (χ0n) is 19.8. The Bertz CT molecular complexity index is 1170. The first-order chi connectivity index (χ1) is 17.5. The molecule has 8 nitrogen and oxygen atoms in total. The van der Waals surface area contributed by atoms with Gasteiger partial charge in [0.05, 0.1) is 9.92 Å². The van der Waals surface area contributed by atoms with Crippen molar-refractivity contribution in [3.63, 3.8) is 0 Å². The molecule has 204 valence electrons. The molecule has 14 heteroatoms. The van der Waals surface area contributed by atoms with Gasteiger partial charge in [-0.2, -0.15) is 21.6 Å². The van der Waals surface area contributed by atoms with Gasteiger partial charge >= 0.3 is 12.1 Å². The van der Waals surface area contributed by atoms with E-state index in [-0.39, 0.29) is 21.3 Å². The quantitative estimate of drug-likeness (QED) is 0.384. The van der Waals surface area contributed by atoms with E-state index >= 15 is 0 Å². The van der Waals surface area contributed by atoms with Gasteiger partial charge in [-0.15, -0.1) is 11.3 Å². The summed E-state index contributed by atoms with van der Waals surface area (Å²) in [7, 11) is -4.78. The average molecular weight is 582 g/mol. The molecule has 0 atom stereocenters. The van der Waals surface area contributed by atoms with Crippen molar-refractivity contribution in [2.24, 2.45) is 5.92 Å². The van der Waals surface area contributed by atoms with Crippen LogP contribution in [0.1, 0.15) is 44.9 Å². The number of hydrogen-bond donors (Lipinski definition) is 0. The SMILES string of the molecule is O=C(ON(c1nccs1)S(=O)(=O)c1ccc(OC2CCN(CC3CCCCC3)CC2)c(Cl)c1)C(F)(F)F. The average Bonchev–Trinajstić information content (AvgIpc) is 3.39. The van der Waals surface area contributed by atoms with Crippen LogP contribution < -0.4 is 9.21 Å². The molecule has 2 fully saturated rings. The number of carbonyl (C=O) groups excluding carboxylic acids is 1. The number of halogens is 4. The van der Waals surface area contributed by atoms with E-state index in [1.165, 1.54) is 43.6 Å². The number of likely N-dealkylation sites (tertiary alicyclic amines) is 1. The summed E-state index contributed by atoms with van der Waals surface area (Å²) in [5.74, 6) is -1.68. The molecule has 0 amide bonds. The van der Waals surface area contributed by atoms with Gasteiger partial charge < -0.3 is 14.5 Å². The lowest BCUT2D eigenvalue weighted by atomic mass is 9.88. The number of benzene rings is 1. The number of nitrogens with zero attached hydrogens (tertiary/aromatic N) is 3. The highest BCUT2D eigenvalue weighted by molar-refractivity contribution is 7.92. The normalized spacial score (nSPS) is 18.5. The molecular formula is C23H27ClF3N3O5S2. The van der Waals surface area contributed by atoms with Crippen molar-refractivity contribution in [2.45, 2.75) is 62.1 Å². The minimum Gasteiger partial charge on any atom is -0.489 e. The lowest BCUT2D eigenvalue weighted by molar-refractivity contribution is -0.199. The summed E-state index contributed by atoms with van der Waals surface area (Å²) in [4.78, 5) is 21.2. The van der Waals surface area contributed by atoms with Crippen LogP contribution in [0.4, 0.5) is 18.3 Å². The van der Waals surface area contributed by atoms with Crippen molar-refractivity contribution in [3.05, 3.63) is 34.8 Å². The van der Waals surface area contributed by atoms with Crippen molar-refractivity contribution in [1.29, 1.82) is 0 Å². The second-order valence-corrected chi connectivity index (χ2v) is 12.2. The molecule has 1 saturated carbocycles. The Morgan fingerprint density at radius 2 is 1.86 bits per heavy atom. The van der Waals surface area contributed by atoms with Gasteiger partial charge in [0.1, 0.15) is 11.9 Å². The molecule has 1 saturated heterocycles. The molecule has 0 N–H and O–H groups in total. The third kappa shape index (κ3) is 7.06. The van der Waals surface area contributed by atoms with Crippen molar-refractivity contribution in [2.75, 3.05) is 24.1 Å². The minimum atomic E-state index is -5.41. The Balaban J connectivity index is 1.41. The lowest BCUT2D eigenvalue weighted by Gasteiger charge is -2.35. The number of ether oxygens (including phenoxy) is 1. The van der Waals surface area contributed by atoms with Gasteiger partial charge in [-0.1, -0.05) is 35.3 Å². The van der Waals surface area contributed by atoms with Crippen LogP contribution in [0.2, 0.25) is 5.02 Å². The van der Waals surface area contributed by atoms with Gasteiger partial charge in [0.25, 0.3) is 10.0 Å². The van der Waals surface area contributed by atoms with Gasteiger partial charge in [0, 0.05) is 31.2 Å². The predicted octanol–water partition coefficient (Wildman–Crippen LogP) is 5.44. The molecule has 0 spiro atoms. The first-order valence-corrected chi connectivity index (χ1v) is 14.7. The molecule has 1 aliphatic carbocycles. The van der Waals surface area contributed by atoms with Crippen LogP contribution in [0.15, 0.2) is 34.7 Å². The van der Waals surface area contributed by atoms with Crippen molar-refractivity contribution < 1.29 is 36.0 Å². The zero-order chi connectivity index (χ0) is 26.6. The van der Waals surface area contributed by atoms with Crippen LogP contribution >= 0.6 is 22.9 Å². The summed E-state index contributed by atoms with van der Waals surface area (Å²) >= 11 is 6.98. The fourth-order valence-electron chi connectivity index (χ4n) is 4.58. The highest BCUT2D eigenvalue weighted by Gasteiger charge is 2.45. The largest absolute Gasteiger partial charge is 0.493 e. The summed E-state index contributed by atoms with van der Waals surface area (Å²) in [6.45, 7) is 2.91. The summed E-state index contributed by atoms with van der Waals surface area (Å²) in [6.07, 6.45) is 3.77. The van der Waals surface area contributed by atoms with Gasteiger partial charge in [0.2, 0.25) is 5.13 Å². The standard InChI is InChI=1S/C23H27ClF3N3O5S2/c24-19-14-18(37(32,33)30(22-28-10-13-36-22)35-21(31)23(25,26)27)6-7-20(19)34-17-8-11-29(12-9-17)15-16-4-2-1-3-5-16/h6-7,10,13-14,16-17H,1-5,8-9,11-12,15H2. The second-order valence-electron chi connectivity index (χ2n) is 9.14. The predicted molar refractivity (Wildman–Crippen MR) is 132 cm³/mol. The first-order valence-electron chi connectivity index (χ1n) is 12.0. The van der Waals surface area contributed by atoms with Gasteiger partial charge in [0.15, 0.2) is 0 Å². The van der Waals surface area contributed by atoms with Crippen LogP contribution in [0, 0.1) is 5.92 Å². The Kier molecular flexibility index (Phi) is 8.87. The molecule has 4 rings (SSSR count). The molecule has 0 bridgehead atoms. The molecule has 2 aliphatic rings. The van der Waals surface area contributed by atoms with Gasteiger partial charge in [-0.25, -0.2) is 9.78 Å². The number of rotatable bonds is 8. The molecule has 2 aromatic rings. The van der Waals surface area contributed by atoms with Crippen molar-refractivity contribution in [1.82, 2.24) is 9.88 Å². The van der Waals surface area contributed by atoms with E-state index < -0.39 is 32.2 Å². The maximum atomic E-state index is 13.1. The van der Waals surface area contributed by atoms with Crippen LogP contribution in [-0.4, -0.2) is 56.2 Å². The third-order valence-corrected chi connectivity index (χ3v) is 9.15. The van der Waals surface area contributed by atoms with Crippen LogP contribution in [0.25, 0.3) is 0 Å². The van der Waals surface area contributed by atoms with E-state index in [1.807, 2.05) is 0 Å². The highest BCUT2D eigenvalue weighted by atomic mass is 35.5. The molecule has 2 heterocycles. The number of carbonyl (C=O) groups is 1. The van der Waals surface area contributed by atoms with Crippen molar-refractivity contribution in [3.8, 4) is 5.75 Å². The lowest BCUT2D eigenvalue weighted by Crippen LogP contribution is -2.41. The number of thiazole rings is 1. The summed E-state index contributed by atoms with van der Waals surface area (Å²) in [6, 6.07) is 3.53. The first kappa shape index (κ1) is 27.9. The molecule has 0 unspecified atom stereocenters. The van der Waals surface area contributed by atoms with Crippen LogP contribution in [0.3, 0.4) is 0 Å². The van der Waals surface area contributed by atoms with E-state index in [2.05, 4.69) is 14.7 Å². The summed E-state index contributed by atoms with van der Waals surface area (Å²) in [5.41, 5.74) is 0. The molecular weight excluding hydrogens is 555 g/mol. The maximum absolute atomic E-state index is 13.1. The summed E-state index contributed by atoms with van der Waals surface area (Å²) < 4.78 is 70.4.